The van der Waals surface area contributed by atoms with E-state index in [0.717, 1.165) is 0 Å². The average molecular weight is 436 g/mol. The van der Waals surface area contributed by atoms with Crippen LogP contribution in [-0.2, 0) is 10.0 Å². The third kappa shape index (κ3) is 4.97. The number of nitrogens with two attached hydrogens (primary N) is 1. The van der Waals surface area contributed by atoms with Crippen molar-refractivity contribution in [3.8, 4) is 5.75 Å². The molecule has 0 aliphatic heterocycles. The molecule has 0 aliphatic carbocycles. The fourth-order valence-electron chi connectivity index (χ4n) is 1.85. The maximum atomic E-state index is 12.7. The molecule has 0 fully saturated rings. The van der Waals surface area contributed by atoms with Gasteiger partial charge >= 0.3 is 0 Å². The average Bonchev–Trinajstić information content (AvgIpc) is 2.37. The summed E-state index contributed by atoms with van der Waals surface area (Å²) in [7, 11) is -0.803. The first-order valence-electron chi connectivity index (χ1n) is 6.24. The lowest BCUT2D eigenvalue weighted by molar-refractivity contribution is 0.291. The number of methoxy groups -OCH3 is 1. The molecule has 1 aromatic carbocycles. The van der Waals surface area contributed by atoms with Gasteiger partial charge in [0.2, 0.25) is 10.0 Å². The monoisotopic (exact) mass is 434 g/mol. The van der Waals surface area contributed by atoms with E-state index in [4.69, 9.17) is 22.1 Å². The van der Waals surface area contributed by atoms with Crippen molar-refractivity contribution in [2.45, 2.75) is 18.7 Å². The van der Waals surface area contributed by atoms with Crippen molar-refractivity contribution in [2.75, 3.05) is 27.2 Å². The molecule has 0 spiro atoms. The summed E-state index contributed by atoms with van der Waals surface area (Å²) in [5.74, 6) is 0.233. The van der Waals surface area contributed by atoms with Crippen LogP contribution in [-0.4, -0.2) is 40.0 Å². The fourth-order valence-corrected chi connectivity index (χ4v) is 4.57. The van der Waals surface area contributed by atoms with E-state index in [1.807, 2.05) is 13.8 Å². The van der Waals surface area contributed by atoms with Crippen LogP contribution in [0.1, 0.15) is 13.8 Å². The lowest BCUT2D eigenvalue weighted by Gasteiger charge is -2.29. The largest absolute Gasteiger partial charge is 0.494 e. The van der Waals surface area contributed by atoms with Crippen molar-refractivity contribution in [3.05, 3.63) is 21.6 Å². The van der Waals surface area contributed by atoms with Gasteiger partial charge in [-0.3, -0.25) is 0 Å². The van der Waals surface area contributed by atoms with E-state index in [9.17, 15) is 8.42 Å². The van der Waals surface area contributed by atoms with Crippen LogP contribution in [0.15, 0.2) is 21.5 Å². The second-order valence-electron chi connectivity index (χ2n) is 5.55. The number of hydrogen-bond acceptors (Lipinski definition) is 4. The lowest BCUT2D eigenvalue weighted by Crippen LogP contribution is -2.39. The minimum absolute atomic E-state index is 0. The minimum Gasteiger partial charge on any atom is -0.494 e. The first-order chi connectivity index (χ1) is 9.55. The van der Waals surface area contributed by atoms with Gasteiger partial charge in [-0.25, -0.2) is 12.7 Å². The molecule has 0 saturated heterocycles. The summed E-state index contributed by atoms with van der Waals surface area (Å²) in [6.07, 6.45) is 0. The zero-order valence-electron chi connectivity index (χ0n) is 12.9. The van der Waals surface area contributed by atoms with Gasteiger partial charge in [0.25, 0.3) is 0 Å². The number of rotatable bonds is 6. The normalized spacial score (nSPS) is 12.2. The standard InChI is InChI=1S/C13H20BrClN2O3S.ClH/c1-13(2,7-16)8-17(3)21(18,19)11-6-9(15)5-10(14)12(11)20-4;/h5-6H,7-8,16H2,1-4H3;1H. The van der Waals surface area contributed by atoms with Crippen molar-refractivity contribution in [1.82, 2.24) is 4.31 Å². The number of sulfonamides is 1. The van der Waals surface area contributed by atoms with Crippen molar-refractivity contribution in [1.29, 1.82) is 0 Å². The molecule has 0 unspecified atom stereocenters. The molecular formula is C13H21BrCl2N2O3S. The molecule has 0 radical (unpaired) electrons. The van der Waals surface area contributed by atoms with Gasteiger partial charge in [0, 0.05) is 18.6 Å². The zero-order valence-corrected chi connectivity index (χ0v) is 16.9. The van der Waals surface area contributed by atoms with E-state index in [1.54, 1.807) is 6.07 Å². The van der Waals surface area contributed by atoms with Gasteiger partial charge in [-0.2, -0.15) is 0 Å². The van der Waals surface area contributed by atoms with Crippen LogP contribution in [0.5, 0.6) is 5.75 Å². The predicted molar refractivity (Wildman–Crippen MR) is 95.6 cm³/mol. The maximum Gasteiger partial charge on any atom is 0.246 e. The van der Waals surface area contributed by atoms with Gasteiger partial charge in [0.1, 0.15) is 4.90 Å². The van der Waals surface area contributed by atoms with E-state index < -0.39 is 10.0 Å². The topological polar surface area (TPSA) is 72.6 Å². The van der Waals surface area contributed by atoms with Crippen LogP contribution in [0.3, 0.4) is 0 Å². The minimum atomic E-state index is -3.73. The number of benzene rings is 1. The van der Waals surface area contributed by atoms with E-state index in [0.29, 0.717) is 22.6 Å². The van der Waals surface area contributed by atoms with Crippen LogP contribution < -0.4 is 10.5 Å². The zero-order chi connectivity index (χ0) is 16.4. The van der Waals surface area contributed by atoms with Gasteiger partial charge in [-0.15, -0.1) is 12.4 Å². The summed E-state index contributed by atoms with van der Waals surface area (Å²) in [4.78, 5) is 0.0275. The van der Waals surface area contributed by atoms with Crippen molar-refractivity contribution < 1.29 is 13.2 Å². The number of ether oxygens (including phenoxy) is 1. The molecule has 0 saturated carbocycles. The highest BCUT2D eigenvalue weighted by Gasteiger charge is 2.30. The van der Waals surface area contributed by atoms with E-state index in [1.165, 1.54) is 24.5 Å². The smallest absolute Gasteiger partial charge is 0.246 e. The Labute approximate surface area is 151 Å². The molecule has 0 aliphatic rings. The molecule has 0 amide bonds. The highest BCUT2D eigenvalue weighted by Crippen LogP contribution is 2.37. The van der Waals surface area contributed by atoms with E-state index in [-0.39, 0.29) is 28.5 Å². The maximum absolute atomic E-state index is 12.7. The second kappa shape index (κ2) is 8.17. The van der Waals surface area contributed by atoms with Gasteiger partial charge < -0.3 is 10.5 Å². The van der Waals surface area contributed by atoms with E-state index in [2.05, 4.69) is 15.9 Å². The van der Waals surface area contributed by atoms with Gasteiger partial charge in [-0.05, 0) is 40.0 Å². The fraction of sp³-hybridized carbons (Fsp3) is 0.538. The van der Waals surface area contributed by atoms with E-state index >= 15 is 0 Å². The van der Waals surface area contributed by atoms with Gasteiger partial charge in [-0.1, -0.05) is 25.4 Å². The Morgan fingerprint density at radius 1 is 1.41 bits per heavy atom. The Morgan fingerprint density at radius 3 is 2.41 bits per heavy atom. The molecule has 9 heteroatoms. The first-order valence-corrected chi connectivity index (χ1v) is 8.85. The lowest BCUT2D eigenvalue weighted by atomic mass is 9.94. The quantitative estimate of drug-likeness (QED) is 0.744. The van der Waals surface area contributed by atoms with Crippen LogP contribution in [0.25, 0.3) is 0 Å². The molecular weight excluding hydrogens is 415 g/mol. The Morgan fingerprint density at radius 2 is 1.95 bits per heavy atom. The van der Waals surface area contributed by atoms with Crippen LogP contribution in [0, 0.1) is 5.41 Å². The molecule has 0 aromatic heterocycles. The molecule has 5 nitrogen and oxygen atoms in total. The van der Waals surface area contributed by atoms with Crippen LogP contribution in [0.2, 0.25) is 5.02 Å². The molecule has 128 valence electrons. The van der Waals surface area contributed by atoms with Crippen LogP contribution in [0.4, 0.5) is 0 Å². The Bertz CT molecular complexity index is 624. The Hall–Kier alpha value is -0.0500. The molecule has 0 heterocycles. The second-order valence-corrected chi connectivity index (χ2v) is 8.85. The summed E-state index contributed by atoms with van der Waals surface area (Å²) in [5, 5.41) is 0.313. The number of halogens is 3. The summed E-state index contributed by atoms with van der Waals surface area (Å²) in [5.41, 5.74) is 5.34. The molecule has 1 aromatic rings. The molecule has 22 heavy (non-hydrogen) atoms. The molecule has 1 rings (SSSR count). The SMILES string of the molecule is COc1c(Br)cc(Cl)cc1S(=O)(=O)N(C)CC(C)(C)CN.Cl. The third-order valence-corrected chi connectivity index (χ3v) is 5.69. The molecule has 0 atom stereocenters. The first kappa shape index (κ1) is 21.9. The summed E-state index contributed by atoms with van der Waals surface area (Å²) in [6.45, 7) is 4.48. The summed E-state index contributed by atoms with van der Waals surface area (Å²) < 4.78 is 32.4. The number of hydrogen-bond donors (Lipinski definition) is 1. The van der Waals surface area contributed by atoms with Crippen molar-refractivity contribution in [3.63, 3.8) is 0 Å². The van der Waals surface area contributed by atoms with Crippen LogP contribution >= 0.6 is 39.9 Å². The van der Waals surface area contributed by atoms with Gasteiger partial charge in [0.05, 0.1) is 11.6 Å². The Kier molecular flexibility index (Phi) is 8.15. The third-order valence-electron chi connectivity index (χ3n) is 3.07. The summed E-state index contributed by atoms with van der Waals surface area (Å²) >= 11 is 9.22. The summed E-state index contributed by atoms with van der Waals surface area (Å²) in [6, 6.07) is 2.97. The number of nitrogens with zero attached hydrogens (tertiary/aromatic N) is 1. The predicted octanol–water partition coefficient (Wildman–Crippen LogP) is 3.14. The highest BCUT2D eigenvalue weighted by molar-refractivity contribution is 9.10. The molecule has 2 N–H and O–H groups in total. The van der Waals surface area contributed by atoms with Crippen molar-refractivity contribution >= 4 is 50.0 Å². The highest BCUT2D eigenvalue weighted by atomic mass is 79.9. The Balaban J connectivity index is 0.00000441. The van der Waals surface area contributed by atoms with Crippen molar-refractivity contribution in [2.24, 2.45) is 11.1 Å². The molecule has 0 bridgehead atoms. The van der Waals surface area contributed by atoms with Gasteiger partial charge in [0.15, 0.2) is 5.75 Å².